The molecule has 1 aromatic carbocycles. The average Bonchev–Trinajstić information content (AvgIpc) is 3.10. The van der Waals surface area contributed by atoms with Gasteiger partial charge in [-0.2, -0.15) is 13.2 Å². The van der Waals surface area contributed by atoms with Crippen molar-refractivity contribution < 1.29 is 13.2 Å². The van der Waals surface area contributed by atoms with E-state index in [-0.39, 0.29) is 16.8 Å². The number of aromatic nitrogens is 4. The predicted molar refractivity (Wildman–Crippen MR) is 93.8 cm³/mol. The van der Waals surface area contributed by atoms with Crippen molar-refractivity contribution in [3.8, 4) is 17.1 Å². The van der Waals surface area contributed by atoms with Crippen molar-refractivity contribution in [1.29, 1.82) is 0 Å². The van der Waals surface area contributed by atoms with Gasteiger partial charge in [-0.3, -0.25) is 13.8 Å². The van der Waals surface area contributed by atoms with E-state index < -0.39 is 12.6 Å². The predicted octanol–water partition coefficient (Wildman–Crippen LogP) is 3.65. The summed E-state index contributed by atoms with van der Waals surface area (Å²) in [5, 5.41) is 0. The van der Waals surface area contributed by atoms with Crippen LogP contribution >= 0.6 is 0 Å². The topological polar surface area (TPSA) is 52.2 Å². The van der Waals surface area contributed by atoms with Crippen LogP contribution in [-0.4, -0.2) is 25.1 Å². The first-order valence-electron chi connectivity index (χ1n) is 8.08. The molecular weight excluding hydrogens is 357 g/mol. The van der Waals surface area contributed by atoms with Gasteiger partial charge in [-0.1, -0.05) is 24.3 Å². The van der Waals surface area contributed by atoms with Gasteiger partial charge in [-0.05, 0) is 23.8 Å². The Labute approximate surface area is 151 Å². The van der Waals surface area contributed by atoms with E-state index in [4.69, 9.17) is 0 Å². The van der Waals surface area contributed by atoms with Crippen LogP contribution in [0, 0.1) is 0 Å². The summed E-state index contributed by atoms with van der Waals surface area (Å²) in [6.07, 6.45) is 0.790. The monoisotopic (exact) mass is 370 g/mol. The number of rotatable bonds is 3. The maximum absolute atomic E-state index is 12.8. The molecule has 136 valence electrons. The van der Waals surface area contributed by atoms with Crippen molar-refractivity contribution in [3.63, 3.8) is 0 Å². The average molecular weight is 370 g/mol. The lowest BCUT2D eigenvalue weighted by molar-refractivity contribution is -0.127. The third-order valence-electron chi connectivity index (χ3n) is 4.09. The molecule has 0 saturated carbocycles. The number of fused-ring (bicyclic) bond motifs is 1. The second kappa shape index (κ2) is 6.39. The fourth-order valence-electron chi connectivity index (χ4n) is 2.95. The normalized spacial score (nSPS) is 11.8. The zero-order valence-electron chi connectivity index (χ0n) is 13.9. The van der Waals surface area contributed by atoms with Gasteiger partial charge in [0.1, 0.15) is 17.2 Å². The van der Waals surface area contributed by atoms with Gasteiger partial charge in [-0.15, -0.1) is 0 Å². The minimum absolute atomic E-state index is 0.128. The van der Waals surface area contributed by atoms with Crippen molar-refractivity contribution in [2.45, 2.75) is 12.6 Å². The lowest BCUT2D eigenvalue weighted by Gasteiger charge is -2.10. The summed E-state index contributed by atoms with van der Waals surface area (Å²) in [4.78, 5) is 21.3. The van der Waals surface area contributed by atoms with Gasteiger partial charge in [0.05, 0.1) is 12.6 Å². The van der Waals surface area contributed by atoms with E-state index in [9.17, 15) is 18.0 Å². The molecule has 4 rings (SSSR count). The lowest BCUT2D eigenvalue weighted by atomic mass is 10.1. The van der Waals surface area contributed by atoms with E-state index in [1.165, 1.54) is 33.5 Å². The maximum atomic E-state index is 12.8. The van der Waals surface area contributed by atoms with Crippen LogP contribution < -0.4 is 5.56 Å². The van der Waals surface area contributed by atoms with Crippen LogP contribution in [0.25, 0.3) is 22.7 Å². The zero-order chi connectivity index (χ0) is 19.0. The van der Waals surface area contributed by atoms with Crippen molar-refractivity contribution >= 4 is 5.65 Å². The number of hydrogen-bond donors (Lipinski definition) is 0. The second-order valence-corrected chi connectivity index (χ2v) is 5.99. The summed E-state index contributed by atoms with van der Waals surface area (Å²) in [5.41, 5.74) is 1.07. The molecule has 0 amide bonds. The van der Waals surface area contributed by atoms with E-state index in [1.54, 1.807) is 42.7 Å². The van der Waals surface area contributed by atoms with Crippen LogP contribution in [0.3, 0.4) is 0 Å². The standard InChI is InChI=1S/C19H13F3N4O/c20-19(21,22)11-13-4-3-5-14(10-13)17-23-7-9-25(17)15-12-24-16-6-1-2-8-26(16)18(15)27/h1-10,12H,11H2. The molecule has 0 atom stereocenters. The molecule has 4 aromatic rings. The number of nitrogens with zero attached hydrogens (tertiary/aromatic N) is 4. The van der Waals surface area contributed by atoms with Gasteiger partial charge in [-0.25, -0.2) is 9.97 Å². The third-order valence-corrected chi connectivity index (χ3v) is 4.09. The molecule has 8 heteroatoms. The van der Waals surface area contributed by atoms with E-state index in [0.717, 1.165) is 0 Å². The fourth-order valence-corrected chi connectivity index (χ4v) is 2.95. The summed E-state index contributed by atoms with van der Waals surface area (Å²) in [6.45, 7) is 0. The number of halogens is 3. The first kappa shape index (κ1) is 17.0. The summed E-state index contributed by atoms with van der Waals surface area (Å²) in [7, 11) is 0. The Balaban J connectivity index is 1.82. The summed E-state index contributed by atoms with van der Waals surface area (Å²) in [5.74, 6) is 0.369. The lowest BCUT2D eigenvalue weighted by Crippen LogP contribution is -2.20. The van der Waals surface area contributed by atoms with Crippen LogP contribution in [0.5, 0.6) is 0 Å². The Hall–Kier alpha value is -3.42. The minimum Gasteiger partial charge on any atom is -0.293 e. The molecule has 0 unspecified atom stereocenters. The molecule has 0 fully saturated rings. The van der Waals surface area contributed by atoms with Crippen LogP contribution in [0.4, 0.5) is 13.2 Å². The zero-order valence-corrected chi connectivity index (χ0v) is 13.9. The molecule has 0 aliphatic rings. The maximum Gasteiger partial charge on any atom is 0.393 e. The molecule has 0 bridgehead atoms. The quantitative estimate of drug-likeness (QED) is 0.553. The number of pyridine rings is 1. The van der Waals surface area contributed by atoms with Gasteiger partial charge < -0.3 is 0 Å². The van der Waals surface area contributed by atoms with Gasteiger partial charge in [0, 0.05) is 24.2 Å². The van der Waals surface area contributed by atoms with Crippen molar-refractivity contribution in [2.24, 2.45) is 0 Å². The molecule has 0 radical (unpaired) electrons. The number of imidazole rings is 1. The van der Waals surface area contributed by atoms with Gasteiger partial charge >= 0.3 is 6.18 Å². The Morgan fingerprint density at radius 2 is 1.85 bits per heavy atom. The van der Waals surface area contributed by atoms with Crippen LogP contribution in [0.15, 0.2) is 72.0 Å². The summed E-state index contributed by atoms with van der Waals surface area (Å²) >= 11 is 0. The Bertz CT molecular complexity index is 1180. The van der Waals surface area contributed by atoms with E-state index in [1.807, 2.05) is 0 Å². The highest BCUT2D eigenvalue weighted by atomic mass is 19.4. The molecule has 0 spiro atoms. The molecule has 0 N–H and O–H groups in total. The minimum atomic E-state index is -4.30. The Morgan fingerprint density at radius 3 is 2.67 bits per heavy atom. The van der Waals surface area contributed by atoms with E-state index in [0.29, 0.717) is 17.0 Å². The molecule has 27 heavy (non-hydrogen) atoms. The highest BCUT2D eigenvalue weighted by Crippen LogP contribution is 2.25. The summed E-state index contributed by atoms with van der Waals surface area (Å²) in [6, 6.07) is 11.2. The second-order valence-electron chi connectivity index (χ2n) is 5.99. The van der Waals surface area contributed by atoms with E-state index in [2.05, 4.69) is 9.97 Å². The molecular formula is C19H13F3N4O. The highest BCUT2D eigenvalue weighted by molar-refractivity contribution is 5.59. The number of alkyl halides is 3. The van der Waals surface area contributed by atoms with Gasteiger partial charge in [0.2, 0.25) is 0 Å². The van der Waals surface area contributed by atoms with Gasteiger partial charge in [0.25, 0.3) is 5.56 Å². The molecule has 5 nitrogen and oxygen atoms in total. The van der Waals surface area contributed by atoms with Crippen LogP contribution in [0.2, 0.25) is 0 Å². The smallest absolute Gasteiger partial charge is 0.293 e. The largest absolute Gasteiger partial charge is 0.393 e. The van der Waals surface area contributed by atoms with Crippen LogP contribution in [-0.2, 0) is 6.42 Å². The third kappa shape index (κ3) is 3.33. The molecule has 0 saturated heterocycles. The van der Waals surface area contributed by atoms with Crippen molar-refractivity contribution in [2.75, 3.05) is 0 Å². The number of hydrogen-bond acceptors (Lipinski definition) is 3. The molecule has 3 aromatic heterocycles. The molecule has 0 aliphatic heterocycles. The fraction of sp³-hybridized carbons (Fsp3) is 0.105. The van der Waals surface area contributed by atoms with Crippen LogP contribution in [0.1, 0.15) is 5.56 Å². The Kier molecular flexibility index (Phi) is 4.02. The highest BCUT2D eigenvalue weighted by Gasteiger charge is 2.27. The molecule has 0 aliphatic carbocycles. The van der Waals surface area contributed by atoms with Crippen molar-refractivity contribution in [3.05, 3.63) is 83.2 Å². The van der Waals surface area contributed by atoms with E-state index >= 15 is 0 Å². The van der Waals surface area contributed by atoms with Crippen molar-refractivity contribution in [1.82, 2.24) is 18.9 Å². The summed E-state index contributed by atoms with van der Waals surface area (Å²) < 4.78 is 41.0. The number of benzene rings is 1. The Morgan fingerprint density at radius 1 is 1.00 bits per heavy atom. The van der Waals surface area contributed by atoms with Gasteiger partial charge in [0.15, 0.2) is 0 Å². The first-order valence-corrected chi connectivity index (χ1v) is 8.08. The molecule has 3 heterocycles. The first-order chi connectivity index (χ1) is 12.9. The SMILES string of the molecule is O=c1c(-n2ccnc2-c2cccc(CC(F)(F)F)c2)cnc2ccccn12.